The maximum absolute atomic E-state index is 12.2. The first-order chi connectivity index (χ1) is 10.6. The summed E-state index contributed by atoms with van der Waals surface area (Å²) in [4.78, 5) is 16.5. The summed E-state index contributed by atoms with van der Waals surface area (Å²) in [6, 6.07) is 14.0. The number of rotatable bonds is 6. The van der Waals surface area contributed by atoms with Crippen LogP contribution in [0.3, 0.4) is 0 Å². The second-order valence-electron chi connectivity index (χ2n) is 5.49. The zero-order valence-corrected chi connectivity index (χ0v) is 13.3. The molecule has 1 amide bonds. The fourth-order valence-corrected chi connectivity index (χ4v) is 2.11. The van der Waals surface area contributed by atoms with Gasteiger partial charge in [-0.1, -0.05) is 37.3 Å². The van der Waals surface area contributed by atoms with E-state index in [1.165, 1.54) is 5.56 Å². The number of carbonyl (C=O) groups is 1. The summed E-state index contributed by atoms with van der Waals surface area (Å²) < 4.78 is 0. The predicted octanol–water partition coefficient (Wildman–Crippen LogP) is 3.78. The second-order valence-corrected chi connectivity index (χ2v) is 5.49. The molecule has 0 saturated carbocycles. The highest BCUT2D eigenvalue weighted by Gasteiger charge is 2.11. The van der Waals surface area contributed by atoms with Gasteiger partial charge in [-0.15, -0.1) is 0 Å². The minimum Gasteiger partial charge on any atom is -0.364 e. The lowest BCUT2D eigenvalue weighted by Gasteiger charge is -2.16. The molecule has 0 spiro atoms. The fourth-order valence-electron chi connectivity index (χ4n) is 2.11. The van der Waals surface area contributed by atoms with Crippen LogP contribution in [0.25, 0.3) is 0 Å². The molecule has 2 atom stereocenters. The number of nitrogens with one attached hydrogen (secondary N) is 2. The van der Waals surface area contributed by atoms with Crippen molar-refractivity contribution in [1.29, 1.82) is 0 Å². The van der Waals surface area contributed by atoms with Crippen LogP contribution < -0.4 is 10.6 Å². The third-order valence-electron chi connectivity index (χ3n) is 3.68. The van der Waals surface area contributed by atoms with E-state index in [1.807, 2.05) is 32.0 Å². The van der Waals surface area contributed by atoms with Crippen molar-refractivity contribution in [3.05, 3.63) is 59.8 Å². The quantitative estimate of drug-likeness (QED) is 0.853. The van der Waals surface area contributed by atoms with Gasteiger partial charge in [-0.2, -0.15) is 0 Å². The van der Waals surface area contributed by atoms with Gasteiger partial charge in [0.15, 0.2) is 0 Å². The van der Waals surface area contributed by atoms with Crippen molar-refractivity contribution < 1.29 is 4.79 Å². The highest BCUT2D eigenvalue weighted by atomic mass is 16.1. The highest BCUT2D eigenvalue weighted by molar-refractivity contribution is 5.94. The number of nitrogens with zero attached hydrogens (tertiary/aromatic N) is 1. The van der Waals surface area contributed by atoms with Gasteiger partial charge in [-0.3, -0.25) is 4.79 Å². The monoisotopic (exact) mass is 297 g/mol. The van der Waals surface area contributed by atoms with E-state index in [-0.39, 0.29) is 18.0 Å². The average Bonchev–Trinajstić information content (AvgIpc) is 2.55. The Morgan fingerprint density at radius 2 is 1.91 bits per heavy atom. The maximum atomic E-state index is 12.2. The Bertz CT molecular complexity index is 613. The Balaban J connectivity index is 2.07. The lowest BCUT2D eigenvalue weighted by molar-refractivity contribution is 0.0939. The molecule has 0 saturated heterocycles. The van der Waals surface area contributed by atoms with E-state index in [9.17, 15) is 4.79 Å². The molecule has 1 aromatic carbocycles. The van der Waals surface area contributed by atoms with Crippen LogP contribution in [0, 0.1) is 0 Å². The molecule has 4 nitrogen and oxygen atoms in total. The summed E-state index contributed by atoms with van der Waals surface area (Å²) in [5.74, 6) is 0.639. The van der Waals surface area contributed by atoms with E-state index in [0.29, 0.717) is 11.4 Å². The number of hydrogen-bond acceptors (Lipinski definition) is 3. The van der Waals surface area contributed by atoms with Crippen molar-refractivity contribution >= 4 is 11.7 Å². The Morgan fingerprint density at radius 1 is 1.18 bits per heavy atom. The second kappa shape index (κ2) is 7.59. The van der Waals surface area contributed by atoms with Crippen LogP contribution in [0.2, 0.25) is 0 Å². The van der Waals surface area contributed by atoms with Crippen LogP contribution in [-0.2, 0) is 0 Å². The summed E-state index contributed by atoms with van der Waals surface area (Å²) in [7, 11) is 0. The Kier molecular flexibility index (Phi) is 5.53. The molecule has 0 radical (unpaired) electrons. The van der Waals surface area contributed by atoms with E-state index in [1.54, 1.807) is 18.3 Å². The van der Waals surface area contributed by atoms with E-state index in [2.05, 4.69) is 34.7 Å². The molecule has 1 aromatic heterocycles. The molecule has 2 rings (SSSR count). The summed E-state index contributed by atoms with van der Waals surface area (Å²) in [6.45, 7) is 6.12. The smallest absolute Gasteiger partial charge is 0.251 e. The summed E-state index contributed by atoms with van der Waals surface area (Å²) in [5.41, 5.74) is 1.80. The molecule has 0 bridgehead atoms. The Labute approximate surface area is 132 Å². The zero-order chi connectivity index (χ0) is 15.9. The molecule has 1 heterocycles. The summed E-state index contributed by atoms with van der Waals surface area (Å²) >= 11 is 0. The van der Waals surface area contributed by atoms with E-state index >= 15 is 0 Å². The van der Waals surface area contributed by atoms with Gasteiger partial charge in [-0.05, 0) is 38.0 Å². The number of anilines is 1. The highest BCUT2D eigenvalue weighted by Crippen LogP contribution is 2.18. The van der Waals surface area contributed by atoms with Crippen LogP contribution in [0.1, 0.15) is 49.2 Å². The number of benzene rings is 1. The topological polar surface area (TPSA) is 54.0 Å². The van der Waals surface area contributed by atoms with Crippen molar-refractivity contribution in [1.82, 2.24) is 10.3 Å². The fraction of sp³-hybridized carbons (Fsp3) is 0.333. The van der Waals surface area contributed by atoms with E-state index in [0.717, 1.165) is 6.42 Å². The minimum atomic E-state index is -0.0628. The summed E-state index contributed by atoms with van der Waals surface area (Å²) in [5, 5.41) is 6.29. The third kappa shape index (κ3) is 4.32. The third-order valence-corrected chi connectivity index (χ3v) is 3.68. The Morgan fingerprint density at radius 3 is 2.59 bits per heavy atom. The van der Waals surface area contributed by atoms with E-state index in [4.69, 9.17) is 0 Å². The minimum absolute atomic E-state index is 0.0628. The van der Waals surface area contributed by atoms with Gasteiger partial charge in [0.1, 0.15) is 5.82 Å². The van der Waals surface area contributed by atoms with Gasteiger partial charge in [0.05, 0.1) is 0 Å². The summed E-state index contributed by atoms with van der Waals surface area (Å²) in [6.07, 6.45) is 2.57. The van der Waals surface area contributed by atoms with Crippen LogP contribution in [0.5, 0.6) is 0 Å². The molecular weight excluding hydrogens is 274 g/mol. The van der Waals surface area contributed by atoms with Crippen molar-refractivity contribution in [2.24, 2.45) is 0 Å². The largest absolute Gasteiger partial charge is 0.364 e. The molecule has 2 unspecified atom stereocenters. The predicted molar refractivity (Wildman–Crippen MR) is 89.9 cm³/mol. The molecule has 0 fully saturated rings. The lowest BCUT2D eigenvalue weighted by Crippen LogP contribution is -2.31. The number of carbonyl (C=O) groups excluding carboxylic acids is 1. The van der Waals surface area contributed by atoms with Crippen LogP contribution in [0.15, 0.2) is 48.7 Å². The first-order valence-corrected chi connectivity index (χ1v) is 7.68. The van der Waals surface area contributed by atoms with Crippen molar-refractivity contribution in [2.45, 2.75) is 39.3 Å². The normalized spacial score (nSPS) is 13.2. The molecule has 0 aliphatic heterocycles. The van der Waals surface area contributed by atoms with Crippen LogP contribution >= 0.6 is 0 Å². The Hall–Kier alpha value is -2.36. The molecule has 0 aliphatic rings. The molecule has 22 heavy (non-hydrogen) atoms. The number of hydrogen-bond donors (Lipinski definition) is 2. The number of pyridine rings is 1. The zero-order valence-electron chi connectivity index (χ0n) is 13.3. The molecule has 4 heteroatoms. The van der Waals surface area contributed by atoms with Crippen LogP contribution in [-0.4, -0.2) is 16.9 Å². The number of amides is 1. The van der Waals surface area contributed by atoms with Gasteiger partial charge >= 0.3 is 0 Å². The maximum Gasteiger partial charge on any atom is 0.251 e. The van der Waals surface area contributed by atoms with Gasteiger partial charge < -0.3 is 10.6 Å². The number of aromatic nitrogens is 1. The molecular formula is C18H23N3O. The molecule has 2 N–H and O–H groups in total. The van der Waals surface area contributed by atoms with Gasteiger partial charge in [-0.25, -0.2) is 4.98 Å². The van der Waals surface area contributed by atoms with Crippen LogP contribution in [0.4, 0.5) is 5.82 Å². The molecule has 0 aliphatic carbocycles. The molecule has 2 aromatic rings. The van der Waals surface area contributed by atoms with Crippen molar-refractivity contribution in [2.75, 3.05) is 5.32 Å². The van der Waals surface area contributed by atoms with Gasteiger partial charge in [0.25, 0.3) is 5.91 Å². The first kappa shape index (κ1) is 16.0. The molecule has 116 valence electrons. The first-order valence-electron chi connectivity index (χ1n) is 7.68. The SMILES string of the molecule is CCC(C)NC(=O)c1ccnc(NC(C)c2ccccc2)c1. The van der Waals surface area contributed by atoms with E-state index < -0.39 is 0 Å². The van der Waals surface area contributed by atoms with Crippen molar-refractivity contribution in [3.63, 3.8) is 0 Å². The lowest BCUT2D eigenvalue weighted by atomic mass is 10.1. The average molecular weight is 297 g/mol. The van der Waals surface area contributed by atoms with Gasteiger partial charge in [0.2, 0.25) is 0 Å². The standard InChI is InChI=1S/C18H23N3O/c1-4-13(2)20-18(22)16-10-11-19-17(12-16)21-14(3)15-8-6-5-7-9-15/h5-14H,4H2,1-3H3,(H,19,21)(H,20,22). The van der Waals surface area contributed by atoms with Crippen molar-refractivity contribution in [3.8, 4) is 0 Å². The van der Waals surface area contributed by atoms with Gasteiger partial charge in [0, 0.05) is 23.8 Å².